The van der Waals surface area contributed by atoms with E-state index in [1.807, 2.05) is 41.5 Å². The van der Waals surface area contributed by atoms with Gasteiger partial charge in [0.25, 0.3) is 5.91 Å². The van der Waals surface area contributed by atoms with Gasteiger partial charge in [-0.25, -0.2) is 39.2 Å². The number of aliphatic carboxylic acids is 2. The summed E-state index contributed by atoms with van der Waals surface area (Å²) in [4.78, 5) is 58.9. The Hall–Kier alpha value is -1.22. The zero-order valence-corrected chi connectivity index (χ0v) is 74.1. The number of nitrogens with one attached hydrogen (secondary N) is 2. The van der Waals surface area contributed by atoms with Crippen LogP contribution in [0.1, 0.15) is 109 Å². The van der Waals surface area contributed by atoms with E-state index in [9.17, 15) is 62.8 Å². The standard InChI is InChI=1S/C15H22BrNO4S2.C15H20BrNO3S2.C14H19BrN2O4S2.C14H18BrNO4S2.C5H11NO2S.Na.H2O/c1-11(19)14(15(2,3)22-10-4-9-18)17-23(20,21)13-7-5-12(16)6-8-13;1-11(18)14-15(2,3)21-10-4-9-17(14)22(19,20)13-7-5-12(16)6-8-13;1-14(2)12(13(18)16-19)17(8-3-9-22-14)23(20,21)11-6-4-10(15)5-7-11;1-14(2)12(13(17)18)16(8-3-9-21-14)22(19,20)11-6-4-10(15)5-7-11;1-5(2,9)3(6)4(7)8;;/h5-8,14,17-18H,4,9-10H2,1-3H3;5-8,14H,4,9-10H2,1-3H3;4-7,12,19H,3,8-9H2,1-2H3,(H,16,18);4-7,12H,3,8-9H2,1-2H3,(H,17,18);3,9H,6H2,1-2H3,(H,7,8);;1H2/q;;;;;+1;/p-1/t2*14-;2*12-;3-;;/m00000../s1. The van der Waals surface area contributed by atoms with E-state index in [-0.39, 0.29) is 85.9 Å². The zero-order chi connectivity index (χ0) is 75.7. The number of hydroxylamine groups is 1. The monoisotopic (exact) mass is 1850 g/mol. The summed E-state index contributed by atoms with van der Waals surface area (Å²) < 4.78 is 109. The molecule has 9 N–H and O–H groups in total. The van der Waals surface area contributed by atoms with Crippen LogP contribution < -0.4 is 45.5 Å². The summed E-state index contributed by atoms with van der Waals surface area (Å²) in [6, 6.07) is 20.9. The summed E-state index contributed by atoms with van der Waals surface area (Å²) in [5, 5.41) is 35.9. The molecule has 3 saturated heterocycles. The first-order chi connectivity index (χ1) is 45.5. The summed E-state index contributed by atoms with van der Waals surface area (Å²) >= 11 is 23.2. The van der Waals surface area contributed by atoms with Gasteiger partial charge >= 0.3 is 41.5 Å². The largest absolute Gasteiger partial charge is 1.00 e. The van der Waals surface area contributed by atoms with Crippen molar-refractivity contribution in [3.05, 3.63) is 115 Å². The number of Topliss-reactive ketones (excluding diaryl/α,β-unsaturated/α-hetero) is 2. The van der Waals surface area contributed by atoms with E-state index in [2.05, 4.69) is 81.1 Å². The number of ketones is 2. The van der Waals surface area contributed by atoms with Gasteiger partial charge in [-0.2, -0.15) is 77.3 Å². The quantitative estimate of drug-likeness (QED) is 0.0137. The van der Waals surface area contributed by atoms with Crippen LogP contribution in [0.5, 0.6) is 0 Å². The number of hydrogen-bond donors (Lipinski definition) is 8. The summed E-state index contributed by atoms with van der Waals surface area (Å²) in [5.41, 5.74) is 6.83. The molecule has 0 aliphatic carbocycles. The number of carboxylic acid groups (broad SMARTS) is 2. The number of thiol groups is 1. The molecule has 0 bridgehead atoms. The number of nitrogens with two attached hydrogens (primary N) is 1. The van der Waals surface area contributed by atoms with Crippen LogP contribution >= 0.6 is 123 Å². The summed E-state index contributed by atoms with van der Waals surface area (Å²) in [7, 11) is -15.2. The van der Waals surface area contributed by atoms with Gasteiger partial charge in [-0.05, 0) is 229 Å². The number of carboxylic acids is 2. The molecule has 24 nitrogen and oxygen atoms in total. The molecule has 0 unspecified atom stereocenters. The number of thioether (sulfide) groups is 4. The van der Waals surface area contributed by atoms with Crippen molar-refractivity contribution in [2.75, 3.05) is 49.3 Å². The number of carbonyl (C=O) groups excluding carboxylic acids is 3. The first-order valence-corrected chi connectivity index (χ1v) is 44.0. The van der Waals surface area contributed by atoms with Crippen LogP contribution in [0.15, 0.2) is 135 Å². The molecular formula is C63H91Br4N6NaO18S9. The van der Waals surface area contributed by atoms with Gasteiger partial charge < -0.3 is 26.5 Å². The fourth-order valence-electron chi connectivity index (χ4n) is 10.3. The number of benzene rings is 4. The Balaban J connectivity index is 0.000000642. The van der Waals surface area contributed by atoms with E-state index in [1.54, 1.807) is 106 Å². The predicted octanol–water partition coefficient (Wildman–Crippen LogP) is 7.86. The van der Waals surface area contributed by atoms with Gasteiger partial charge in [0.15, 0.2) is 0 Å². The van der Waals surface area contributed by atoms with E-state index >= 15 is 0 Å². The Kier molecular flexibility index (Phi) is 40.8. The molecule has 4 aromatic rings. The minimum atomic E-state index is -3.85. The van der Waals surface area contributed by atoms with Crippen molar-refractivity contribution in [3.8, 4) is 0 Å². The third kappa shape index (κ3) is 28.6. The first-order valence-electron chi connectivity index (χ1n) is 30.6. The van der Waals surface area contributed by atoms with Gasteiger partial charge in [0, 0.05) is 67.9 Å². The van der Waals surface area contributed by atoms with Gasteiger partial charge in [-0.1, -0.05) is 63.7 Å². The van der Waals surface area contributed by atoms with Crippen molar-refractivity contribution in [2.24, 2.45) is 5.73 Å². The Morgan fingerprint density at radius 3 is 1.18 bits per heavy atom. The van der Waals surface area contributed by atoms with Crippen molar-refractivity contribution in [3.63, 3.8) is 0 Å². The van der Waals surface area contributed by atoms with Crippen molar-refractivity contribution < 1.29 is 113 Å². The second kappa shape index (κ2) is 42.1. The van der Waals surface area contributed by atoms with Crippen LogP contribution in [0.2, 0.25) is 0 Å². The molecule has 0 radical (unpaired) electrons. The van der Waals surface area contributed by atoms with Crippen LogP contribution in [0.3, 0.4) is 0 Å². The van der Waals surface area contributed by atoms with E-state index in [4.69, 9.17) is 21.2 Å². The molecule has 38 heteroatoms. The van der Waals surface area contributed by atoms with Crippen LogP contribution in [0.25, 0.3) is 0 Å². The van der Waals surface area contributed by atoms with E-state index in [0.717, 1.165) is 45.9 Å². The Morgan fingerprint density at radius 2 is 0.901 bits per heavy atom. The van der Waals surface area contributed by atoms with Crippen LogP contribution in [0, 0.1) is 0 Å². The van der Waals surface area contributed by atoms with Crippen LogP contribution in [-0.4, -0.2) is 205 Å². The molecule has 3 fully saturated rings. The fourth-order valence-corrected chi connectivity index (χ4v) is 23.3. The number of carbonyl (C=O) groups is 5. The minimum Gasteiger partial charge on any atom is -0.870 e. The van der Waals surface area contributed by atoms with Gasteiger partial charge in [0.2, 0.25) is 40.1 Å². The molecule has 3 aliphatic heterocycles. The third-order valence-corrected chi connectivity index (χ3v) is 30.7. The Morgan fingerprint density at radius 1 is 0.594 bits per heavy atom. The second-order valence-corrected chi connectivity index (χ2v) is 44.6. The number of hydrogen-bond acceptors (Lipinski definition) is 22. The minimum absolute atomic E-state index is 0. The average molecular weight is 1850 g/mol. The first kappa shape index (κ1) is 97.8. The average Bonchev–Trinajstić information content (AvgIpc) is 1.78. The van der Waals surface area contributed by atoms with Crippen molar-refractivity contribution >= 4 is 193 Å². The Bertz CT molecular complexity index is 3730. The Labute approximate surface area is 674 Å². The molecule has 101 heavy (non-hydrogen) atoms. The predicted molar refractivity (Wildman–Crippen MR) is 415 cm³/mol. The molecular weight excluding hydrogens is 1760 g/mol. The van der Waals surface area contributed by atoms with Crippen LogP contribution in [0.4, 0.5) is 0 Å². The normalized spacial score (nSPS) is 19.6. The number of aliphatic hydroxyl groups excluding tert-OH is 1. The number of rotatable bonds is 20. The van der Waals surface area contributed by atoms with Crippen molar-refractivity contribution in [1.29, 1.82) is 0 Å². The molecule has 0 aromatic heterocycles. The molecule has 4 aromatic carbocycles. The van der Waals surface area contributed by atoms with E-state index < -0.39 is 112 Å². The number of amides is 1. The maximum absolute atomic E-state index is 13.0. The second-order valence-electron chi connectivity index (χ2n) is 25.4. The molecule has 0 spiro atoms. The molecule has 1 amide bonds. The smallest absolute Gasteiger partial charge is 0.870 e. The summed E-state index contributed by atoms with van der Waals surface area (Å²) in [5.74, 6) is -0.221. The molecule has 5 atom stereocenters. The number of nitrogens with zero attached hydrogens (tertiary/aromatic N) is 3. The maximum Gasteiger partial charge on any atom is 1.00 e. The summed E-state index contributed by atoms with van der Waals surface area (Å²) in [6.45, 7) is 21.8. The van der Waals surface area contributed by atoms with E-state index in [0.29, 0.717) is 31.6 Å². The molecule has 564 valence electrons. The zero-order valence-electron chi connectivity index (χ0n) is 58.3. The SMILES string of the molecule is CC(=O)[C@@H]1N(S(=O)(=O)c2ccc(Br)cc2)CCCSC1(C)C.CC(=O)[C@H](NS(=O)(=O)c1ccc(Br)cc1)C(C)(C)SCCCO.CC(C)(S)[C@@H](N)C(=O)O.CC1(C)SCCCN(S(=O)(=O)c2ccc(Br)cc2)[C@H]1C(=O)NO.CC1(C)SCCCN(S(=O)(=O)c2ccc(Br)cc2)[C@H]1C(=O)O.[Na+].[OH-]. The number of aliphatic hydroxyl groups is 1. The molecule has 0 saturated carbocycles. The van der Waals surface area contributed by atoms with Gasteiger partial charge in [0.1, 0.15) is 29.7 Å². The van der Waals surface area contributed by atoms with Crippen molar-refractivity contribution in [2.45, 2.75) is 182 Å². The fraction of sp³-hybridized carbons (Fsp3) is 0.540. The molecule has 3 aliphatic rings. The van der Waals surface area contributed by atoms with Gasteiger partial charge in [-0.3, -0.25) is 29.2 Å². The molecule has 3 heterocycles. The van der Waals surface area contributed by atoms with Gasteiger partial charge in [-0.15, -0.1) is 0 Å². The topological polar surface area (TPSA) is 393 Å². The number of halogens is 4. The van der Waals surface area contributed by atoms with Crippen molar-refractivity contribution in [1.82, 2.24) is 23.1 Å². The van der Waals surface area contributed by atoms with Crippen LogP contribution in [-0.2, 0) is 64.1 Å². The van der Waals surface area contributed by atoms with Gasteiger partial charge in [0.05, 0.1) is 31.7 Å². The van der Waals surface area contributed by atoms with E-state index in [1.165, 1.54) is 94.1 Å². The molecule has 7 rings (SSSR count). The third-order valence-electron chi connectivity index (χ3n) is 15.4. The number of sulfonamides is 4. The summed E-state index contributed by atoms with van der Waals surface area (Å²) in [6.07, 6.45) is 2.61. The maximum atomic E-state index is 13.0.